The second-order valence-corrected chi connectivity index (χ2v) is 14.3. The first kappa shape index (κ1) is 37.1. The number of hydrogen-bond acceptors (Lipinski definition) is 7. The minimum absolute atomic E-state index is 0.0555. The monoisotopic (exact) mass is 674 g/mol. The molecule has 12 heteroatoms. The van der Waals surface area contributed by atoms with Crippen LogP contribution >= 0.6 is 0 Å². The Morgan fingerprint density at radius 3 is 2.14 bits per heavy atom. The molecular weight excluding hydrogens is 624 g/mol. The van der Waals surface area contributed by atoms with Gasteiger partial charge in [-0.3, -0.25) is 14.4 Å². The minimum atomic E-state index is -1.42. The highest BCUT2D eigenvalue weighted by Gasteiger charge is 2.41. The number of nitrogens with one attached hydrogen (secondary N) is 3. The molecule has 49 heavy (non-hydrogen) atoms. The van der Waals surface area contributed by atoms with E-state index < -0.39 is 40.6 Å². The number of amides is 4. The Morgan fingerprint density at radius 2 is 1.53 bits per heavy atom. The summed E-state index contributed by atoms with van der Waals surface area (Å²) in [4.78, 5) is 60.1. The number of anilines is 1. The fourth-order valence-corrected chi connectivity index (χ4v) is 5.52. The largest absolute Gasteiger partial charge is 0.444 e. The van der Waals surface area contributed by atoms with Crippen molar-refractivity contribution in [1.29, 1.82) is 0 Å². The Labute approximate surface area is 288 Å². The molecule has 4 rings (SSSR count). The maximum atomic E-state index is 14.2. The van der Waals surface area contributed by atoms with Gasteiger partial charge in [0.1, 0.15) is 22.7 Å². The minimum Gasteiger partial charge on any atom is -0.444 e. The van der Waals surface area contributed by atoms with Crippen LogP contribution in [-0.4, -0.2) is 75.1 Å². The number of alkyl carbamates (subject to hydrolysis) is 1. The number of benzene rings is 2. The van der Waals surface area contributed by atoms with E-state index in [2.05, 4.69) is 27.9 Å². The number of rotatable bonds is 12. The average Bonchev–Trinajstić information content (AvgIpc) is 3.52. The van der Waals surface area contributed by atoms with Gasteiger partial charge in [-0.2, -0.15) is 0 Å². The number of ether oxygens (including phenoxy) is 2. The Morgan fingerprint density at radius 1 is 0.918 bits per heavy atom. The van der Waals surface area contributed by atoms with Crippen molar-refractivity contribution in [2.75, 3.05) is 25.0 Å². The van der Waals surface area contributed by atoms with Gasteiger partial charge in [-0.15, -0.1) is 0 Å². The first-order valence-corrected chi connectivity index (χ1v) is 16.7. The number of carbonyl (C=O) groups is 4. The van der Waals surface area contributed by atoms with E-state index in [1.165, 1.54) is 20.2 Å². The van der Waals surface area contributed by atoms with Crippen LogP contribution in [-0.2, 0) is 36.0 Å². The molecule has 3 aromatic rings. The van der Waals surface area contributed by atoms with E-state index >= 15 is 0 Å². The van der Waals surface area contributed by atoms with E-state index in [9.17, 15) is 19.2 Å². The van der Waals surface area contributed by atoms with Crippen molar-refractivity contribution in [3.05, 3.63) is 84.3 Å². The molecule has 1 saturated heterocycles. The van der Waals surface area contributed by atoms with E-state index in [-0.39, 0.29) is 24.9 Å². The van der Waals surface area contributed by atoms with Crippen LogP contribution in [0.15, 0.2) is 73.2 Å². The maximum absolute atomic E-state index is 14.2. The Hall–Kier alpha value is -4.71. The lowest BCUT2D eigenvalue weighted by Gasteiger charge is -2.38. The third-order valence-electron chi connectivity index (χ3n) is 8.57. The van der Waals surface area contributed by atoms with Crippen LogP contribution in [0.3, 0.4) is 0 Å². The van der Waals surface area contributed by atoms with E-state index in [1.807, 2.05) is 72.5 Å². The van der Waals surface area contributed by atoms with Crippen molar-refractivity contribution in [1.82, 2.24) is 25.1 Å². The van der Waals surface area contributed by atoms with E-state index in [1.54, 1.807) is 31.5 Å². The molecule has 2 atom stereocenters. The second-order valence-electron chi connectivity index (χ2n) is 14.3. The maximum Gasteiger partial charge on any atom is 0.408 e. The van der Waals surface area contributed by atoms with Crippen LogP contribution < -0.4 is 16.0 Å². The van der Waals surface area contributed by atoms with Gasteiger partial charge in [0.05, 0.1) is 19.5 Å². The van der Waals surface area contributed by atoms with Crippen LogP contribution in [0.1, 0.15) is 72.4 Å². The van der Waals surface area contributed by atoms with Gasteiger partial charge in [-0.05, 0) is 71.4 Å². The van der Waals surface area contributed by atoms with Gasteiger partial charge in [0.25, 0.3) is 11.8 Å². The fraction of sp³-hybridized carbons (Fsp3) is 0.486. The Bertz CT molecular complexity index is 1580. The molecule has 264 valence electrons. The van der Waals surface area contributed by atoms with E-state index in [0.717, 1.165) is 24.0 Å². The highest BCUT2D eigenvalue weighted by Crippen LogP contribution is 2.31. The molecule has 0 radical (unpaired) electrons. The van der Waals surface area contributed by atoms with Gasteiger partial charge in [-0.25, -0.2) is 9.78 Å². The number of carbonyl (C=O) groups excluding carboxylic acids is 4. The molecular formula is C37H50N6O6. The molecule has 2 heterocycles. The number of piperidine rings is 1. The van der Waals surface area contributed by atoms with E-state index in [4.69, 9.17) is 9.47 Å². The first-order valence-electron chi connectivity index (χ1n) is 16.7. The number of hydrogen-bond donors (Lipinski definition) is 3. The smallest absolute Gasteiger partial charge is 0.408 e. The Balaban J connectivity index is 1.54. The van der Waals surface area contributed by atoms with Crippen molar-refractivity contribution in [3.8, 4) is 0 Å². The molecule has 0 spiro atoms. The first-order chi connectivity index (χ1) is 23.1. The lowest BCUT2D eigenvalue weighted by atomic mass is 9.88. The molecule has 3 N–H and O–H groups in total. The van der Waals surface area contributed by atoms with Crippen molar-refractivity contribution >= 4 is 29.6 Å². The highest BCUT2D eigenvalue weighted by atomic mass is 16.6. The predicted molar refractivity (Wildman–Crippen MR) is 187 cm³/mol. The van der Waals surface area contributed by atoms with Crippen molar-refractivity contribution in [3.63, 3.8) is 0 Å². The summed E-state index contributed by atoms with van der Waals surface area (Å²) < 4.78 is 12.9. The average molecular weight is 675 g/mol. The van der Waals surface area contributed by atoms with Crippen molar-refractivity contribution < 1.29 is 28.7 Å². The number of imidazole rings is 1. The van der Waals surface area contributed by atoms with Gasteiger partial charge < -0.3 is 34.9 Å². The molecule has 1 aliphatic rings. The lowest BCUT2D eigenvalue weighted by molar-refractivity contribution is -0.139. The van der Waals surface area contributed by atoms with Crippen molar-refractivity contribution in [2.45, 2.75) is 90.6 Å². The number of likely N-dealkylation sites (tertiary alicyclic amines) is 1. The molecule has 12 nitrogen and oxygen atoms in total. The normalized spacial score (nSPS) is 15.9. The Kier molecular flexibility index (Phi) is 11.9. The quantitative estimate of drug-likeness (QED) is 0.249. The van der Waals surface area contributed by atoms with Gasteiger partial charge in [0, 0.05) is 19.3 Å². The summed E-state index contributed by atoms with van der Waals surface area (Å²) in [6.45, 7) is 13.6. The second kappa shape index (κ2) is 15.7. The van der Waals surface area contributed by atoms with Crippen molar-refractivity contribution in [2.24, 2.45) is 5.92 Å². The van der Waals surface area contributed by atoms with Gasteiger partial charge >= 0.3 is 6.09 Å². The fourth-order valence-electron chi connectivity index (χ4n) is 5.52. The lowest BCUT2D eigenvalue weighted by Crippen LogP contribution is -2.59. The predicted octanol–water partition coefficient (Wildman–Crippen LogP) is 4.85. The van der Waals surface area contributed by atoms with Crippen LogP contribution in [0.2, 0.25) is 0 Å². The van der Waals surface area contributed by atoms with Crippen LogP contribution in [0.25, 0.3) is 0 Å². The van der Waals surface area contributed by atoms with Crippen LogP contribution in [0, 0.1) is 5.92 Å². The topological polar surface area (TPSA) is 144 Å². The number of aromatic nitrogens is 2. The SMILES string of the molecule is CC1CCN(C(=O)C(C)(c2ccccc2)n2cnc(NC(=O)C(COCc3ccccc3)NC(=O)C(C)(C)NC(=O)OC(C)(C)C)c2)CC1. The van der Waals surface area contributed by atoms with Gasteiger partial charge in [-0.1, -0.05) is 67.6 Å². The zero-order chi connectivity index (χ0) is 35.8. The summed E-state index contributed by atoms with van der Waals surface area (Å²) >= 11 is 0. The molecule has 4 amide bonds. The zero-order valence-corrected chi connectivity index (χ0v) is 29.6. The molecule has 2 unspecified atom stereocenters. The zero-order valence-electron chi connectivity index (χ0n) is 29.6. The summed E-state index contributed by atoms with van der Waals surface area (Å²) in [6, 6.07) is 17.8. The molecule has 0 aliphatic carbocycles. The summed E-state index contributed by atoms with van der Waals surface area (Å²) in [6.07, 6.45) is 4.25. The van der Waals surface area contributed by atoms with Crippen LogP contribution in [0.4, 0.5) is 10.6 Å². The molecule has 2 aromatic carbocycles. The molecule has 0 saturated carbocycles. The third-order valence-corrected chi connectivity index (χ3v) is 8.57. The van der Waals surface area contributed by atoms with E-state index in [0.29, 0.717) is 19.0 Å². The van der Waals surface area contributed by atoms with Gasteiger partial charge in [0.2, 0.25) is 5.91 Å². The molecule has 1 fully saturated rings. The molecule has 0 bridgehead atoms. The van der Waals surface area contributed by atoms with Gasteiger partial charge in [0.15, 0.2) is 5.82 Å². The highest BCUT2D eigenvalue weighted by molar-refractivity contribution is 5.98. The summed E-state index contributed by atoms with van der Waals surface area (Å²) in [5.41, 5.74) is -1.63. The summed E-state index contributed by atoms with van der Waals surface area (Å²) in [7, 11) is 0. The standard InChI is InChI=1S/C37H50N6O6/c1-26-18-20-42(21-19-26)33(46)37(7,28-16-12-9-13-17-28)43-22-30(38-25-43)40-31(44)29(24-48-23-27-14-10-8-11-15-27)39-32(45)36(5,6)41-34(47)49-35(2,3)4/h8-17,22,25-26,29H,18-21,23-24H2,1-7H3,(H,39,45)(H,40,44)(H,41,47). The van der Waals surface area contributed by atoms with Crippen LogP contribution in [0.5, 0.6) is 0 Å². The third kappa shape index (κ3) is 9.91. The molecule has 1 aromatic heterocycles. The summed E-state index contributed by atoms with van der Waals surface area (Å²) in [5, 5.41) is 8.07. The molecule has 1 aliphatic heterocycles. The number of nitrogens with zero attached hydrogens (tertiary/aromatic N) is 3. The summed E-state index contributed by atoms with van der Waals surface area (Å²) in [5.74, 6) is -0.505.